The van der Waals surface area contributed by atoms with Gasteiger partial charge in [0.15, 0.2) is 0 Å². The van der Waals surface area contributed by atoms with Crippen LogP contribution in [0.1, 0.15) is 18.5 Å². The number of aromatic nitrogens is 1. The van der Waals surface area contributed by atoms with E-state index in [1.165, 1.54) is 23.9 Å². The first-order valence-corrected chi connectivity index (χ1v) is 6.48. The largest absolute Gasteiger partial charge is 0.497 e. The highest BCUT2D eigenvalue weighted by Crippen LogP contribution is 2.31. The van der Waals surface area contributed by atoms with E-state index in [0.717, 1.165) is 30.0 Å². The molecule has 3 heteroatoms. The van der Waals surface area contributed by atoms with Gasteiger partial charge < -0.3 is 9.64 Å². The van der Waals surface area contributed by atoms with E-state index in [9.17, 15) is 0 Å². The third-order valence-electron chi connectivity index (χ3n) is 3.57. The fourth-order valence-electron chi connectivity index (χ4n) is 2.67. The van der Waals surface area contributed by atoms with Gasteiger partial charge in [-0.3, -0.25) is 4.98 Å². The minimum Gasteiger partial charge on any atom is -0.497 e. The normalized spacial score (nSPS) is 15.3. The van der Waals surface area contributed by atoms with Crippen molar-refractivity contribution >= 4 is 16.6 Å². The number of fused-ring (bicyclic) bond motifs is 1. The summed E-state index contributed by atoms with van der Waals surface area (Å²) in [5, 5.41) is 1.23. The molecule has 0 amide bonds. The van der Waals surface area contributed by atoms with Gasteiger partial charge in [0.1, 0.15) is 5.75 Å². The Morgan fingerprint density at radius 2 is 1.94 bits per heavy atom. The molecule has 18 heavy (non-hydrogen) atoms. The molecule has 1 aromatic carbocycles. The van der Waals surface area contributed by atoms with Crippen molar-refractivity contribution in [3.8, 4) is 5.75 Å². The number of rotatable bonds is 2. The van der Waals surface area contributed by atoms with E-state index in [1.807, 2.05) is 12.1 Å². The summed E-state index contributed by atoms with van der Waals surface area (Å²) in [5.41, 5.74) is 3.41. The lowest BCUT2D eigenvalue weighted by Crippen LogP contribution is -2.18. The first-order valence-electron chi connectivity index (χ1n) is 6.48. The van der Waals surface area contributed by atoms with Gasteiger partial charge in [-0.1, -0.05) is 0 Å². The maximum absolute atomic E-state index is 5.27. The Morgan fingerprint density at radius 1 is 1.17 bits per heavy atom. The van der Waals surface area contributed by atoms with Gasteiger partial charge in [0.05, 0.1) is 12.6 Å². The van der Waals surface area contributed by atoms with Gasteiger partial charge in [-0.05, 0) is 38.0 Å². The van der Waals surface area contributed by atoms with Gasteiger partial charge in [0, 0.05) is 35.9 Å². The van der Waals surface area contributed by atoms with E-state index in [1.54, 1.807) is 7.11 Å². The second-order valence-corrected chi connectivity index (χ2v) is 4.86. The molecule has 0 bridgehead atoms. The second kappa shape index (κ2) is 4.48. The number of pyridine rings is 1. The lowest BCUT2D eigenvalue weighted by Gasteiger charge is -2.20. The van der Waals surface area contributed by atoms with E-state index >= 15 is 0 Å². The molecule has 1 aliphatic rings. The number of hydrogen-bond acceptors (Lipinski definition) is 3. The van der Waals surface area contributed by atoms with E-state index in [0.29, 0.717) is 0 Å². The monoisotopic (exact) mass is 242 g/mol. The topological polar surface area (TPSA) is 25.4 Å². The summed E-state index contributed by atoms with van der Waals surface area (Å²) in [5.74, 6) is 0.868. The van der Waals surface area contributed by atoms with Crippen molar-refractivity contribution in [2.45, 2.75) is 19.8 Å². The fraction of sp³-hybridized carbons (Fsp3) is 0.400. The van der Waals surface area contributed by atoms with Gasteiger partial charge >= 0.3 is 0 Å². The number of benzene rings is 1. The second-order valence-electron chi connectivity index (χ2n) is 4.86. The molecule has 2 heterocycles. The van der Waals surface area contributed by atoms with Crippen molar-refractivity contribution in [2.24, 2.45) is 0 Å². The predicted octanol–water partition coefficient (Wildman–Crippen LogP) is 3.15. The van der Waals surface area contributed by atoms with Crippen LogP contribution in [0.5, 0.6) is 5.75 Å². The SMILES string of the molecule is COc1ccc2c(N3CCCC3)cc(C)nc2c1. The zero-order valence-corrected chi connectivity index (χ0v) is 10.9. The molecular weight excluding hydrogens is 224 g/mol. The highest BCUT2D eigenvalue weighted by molar-refractivity contribution is 5.93. The van der Waals surface area contributed by atoms with Crippen molar-refractivity contribution in [3.63, 3.8) is 0 Å². The van der Waals surface area contributed by atoms with Crippen LogP contribution in [0.2, 0.25) is 0 Å². The van der Waals surface area contributed by atoms with Gasteiger partial charge in [0.25, 0.3) is 0 Å². The average molecular weight is 242 g/mol. The fourth-order valence-corrected chi connectivity index (χ4v) is 2.67. The van der Waals surface area contributed by atoms with Crippen LogP contribution in [-0.4, -0.2) is 25.2 Å². The van der Waals surface area contributed by atoms with Crippen LogP contribution in [0, 0.1) is 6.92 Å². The molecule has 0 saturated carbocycles. The van der Waals surface area contributed by atoms with Gasteiger partial charge in [0.2, 0.25) is 0 Å². The molecule has 94 valence electrons. The Labute approximate surface area is 107 Å². The molecule has 1 aromatic heterocycles. The molecule has 0 spiro atoms. The molecule has 0 unspecified atom stereocenters. The van der Waals surface area contributed by atoms with Crippen LogP contribution in [0.4, 0.5) is 5.69 Å². The molecule has 2 aromatic rings. The standard InChI is InChI=1S/C15H18N2O/c1-11-9-15(17-7-3-4-8-17)13-6-5-12(18-2)10-14(13)16-11/h5-6,9-10H,3-4,7-8H2,1-2H3. The summed E-state index contributed by atoms with van der Waals surface area (Å²) >= 11 is 0. The Balaban J connectivity index is 2.17. The number of hydrogen-bond donors (Lipinski definition) is 0. The summed E-state index contributed by atoms with van der Waals surface area (Å²) in [6, 6.07) is 8.34. The molecule has 3 nitrogen and oxygen atoms in total. The van der Waals surface area contributed by atoms with Crippen molar-refractivity contribution in [2.75, 3.05) is 25.1 Å². The summed E-state index contributed by atoms with van der Waals surface area (Å²) < 4.78 is 5.27. The minimum absolute atomic E-state index is 0.868. The summed E-state index contributed by atoms with van der Waals surface area (Å²) in [6.45, 7) is 4.37. The van der Waals surface area contributed by atoms with Crippen LogP contribution >= 0.6 is 0 Å². The number of aryl methyl sites for hydroxylation is 1. The number of nitrogens with zero attached hydrogens (tertiary/aromatic N) is 2. The quantitative estimate of drug-likeness (QED) is 0.809. The zero-order valence-electron chi connectivity index (χ0n) is 10.9. The number of methoxy groups -OCH3 is 1. The van der Waals surface area contributed by atoms with Gasteiger partial charge in [-0.2, -0.15) is 0 Å². The highest BCUT2D eigenvalue weighted by atomic mass is 16.5. The first kappa shape index (κ1) is 11.3. The average Bonchev–Trinajstić information content (AvgIpc) is 2.90. The van der Waals surface area contributed by atoms with Crippen molar-refractivity contribution < 1.29 is 4.74 Å². The lowest BCUT2D eigenvalue weighted by atomic mass is 10.1. The summed E-state index contributed by atoms with van der Waals surface area (Å²) in [6.07, 6.45) is 2.58. The molecule has 0 N–H and O–H groups in total. The van der Waals surface area contributed by atoms with Gasteiger partial charge in [-0.15, -0.1) is 0 Å². The predicted molar refractivity (Wildman–Crippen MR) is 74.5 cm³/mol. The number of ether oxygens (including phenoxy) is 1. The smallest absolute Gasteiger partial charge is 0.121 e. The Bertz CT molecular complexity index is 574. The Hall–Kier alpha value is -1.77. The Morgan fingerprint density at radius 3 is 2.67 bits per heavy atom. The molecule has 3 rings (SSSR count). The maximum atomic E-state index is 5.27. The van der Waals surface area contributed by atoms with Crippen LogP contribution in [0.15, 0.2) is 24.3 Å². The zero-order chi connectivity index (χ0) is 12.5. The van der Waals surface area contributed by atoms with E-state index in [4.69, 9.17) is 4.74 Å². The van der Waals surface area contributed by atoms with Crippen LogP contribution in [-0.2, 0) is 0 Å². The lowest BCUT2D eigenvalue weighted by molar-refractivity contribution is 0.415. The summed E-state index contributed by atoms with van der Waals surface area (Å²) in [7, 11) is 1.69. The first-order chi connectivity index (χ1) is 8.78. The van der Waals surface area contributed by atoms with Crippen molar-refractivity contribution in [1.29, 1.82) is 0 Å². The van der Waals surface area contributed by atoms with Crippen LogP contribution in [0.25, 0.3) is 10.9 Å². The minimum atomic E-state index is 0.868. The van der Waals surface area contributed by atoms with Crippen molar-refractivity contribution in [3.05, 3.63) is 30.0 Å². The summed E-state index contributed by atoms with van der Waals surface area (Å²) in [4.78, 5) is 7.07. The third-order valence-corrected chi connectivity index (χ3v) is 3.57. The van der Waals surface area contributed by atoms with Crippen LogP contribution in [0.3, 0.4) is 0 Å². The van der Waals surface area contributed by atoms with Crippen LogP contribution < -0.4 is 9.64 Å². The molecule has 1 fully saturated rings. The highest BCUT2D eigenvalue weighted by Gasteiger charge is 2.16. The molecule has 0 aliphatic carbocycles. The van der Waals surface area contributed by atoms with Crippen molar-refractivity contribution in [1.82, 2.24) is 4.98 Å². The molecule has 0 atom stereocenters. The maximum Gasteiger partial charge on any atom is 0.121 e. The number of anilines is 1. The molecular formula is C15H18N2O. The van der Waals surface area contributed by atoms with Gasteiger partial charge in [-0.25, -0.2) is 0 Å². The Kier molecular flexibility index (Phi) is 2.82. The van der Waals surface area contributed by atoms with E-state index in [2.05, 4.69) is 28.9 Å². The third kappa shape index (κ3) is 1.90. The molecule has 1 saturated heterocycles. The van der Waals surface area contributed by atoms with E-state index < -0.39 is 0 Å². The molecule has 0 radical (unpaired) electrons. The molecule has 1 aliphatic heterocycles. The van der Waals surface area contributed by atoms with E-state index in [-0.39, 0.29) is 0 Å².